The van der Waals surface area contributed by atoms with E-state index < -0.39 is 0 Å². The number of aryl methyl sites for hydroxylation is 1. The van der Waals surface area contributed by atoms with Gasteiger partial charge in [-0.15, -0.1) is 0 Å². The molecule has 110 valence electrons. The summed E-state index contributed by atoms with van der Waals surface area (Å²) in [6.45, 7) is 0.830. The zero-order valence-corrected chi connectivity index (χ0v) is 11.8. The third-order valence-corrected chi connectivity index (χ3v) is 3.20. The number of pyridine rings is 1. The molecule has 0 radical (unpaired) electrons. The van der Waals surface area contributed by atoms with Gasteiger partial charge in [0.25, 0.3) is 0 Å². The lowest BCUT2D eigenvalue weighted by Crippen LogP contribution is -2.20. The number of oxime groups is 1. The molecule has 1 aliphatic rings. The molecular formula is C14H17N5O2. The summed E-state index contributed by atoms with van der Waals surface area (Å²) in [6, 6.07) is 3.72. The van der Waals surface area contributed by atoms with E-state index in [-0.39, 0.29) is 6.10 Å². The SMILES string of the molecule is Cn1cc(-c2ncccc2OCC2CC(CN)=NO2)cn1. The van der Waals surface area contributed by atoms with Gasteiger partial charge in [-0.25, -0.2) is 0 Å². The Morgan fingerprint density at radius 2 is 2.43 bits per heavy atom. The molecule has 2 aromatic rings. The normalized spacial score (nSPS) is 17.4. The number of nitrogens with two attached hydrogens (primary N) is 1. The van der Waals surface area contributed by atoms with Crippen molar-refractivity contribution in [3.63, 3.8) is 0 Å². The Labute approximate surface area is 122 Å². The number of hydrogen-bond donors (Lipinski definition) is 1. The summed E-state index contributed by atoms with van der Waals surface area (Å²) in [6.07, 6.45) is 6.01. The lowest BCUT2D eigenvalue weighted by atomic mass is 10.2. The number of aromatic nitrogens is 3. The van der Waals surface area contributed by atoms with Gasteiger partial charge in [-0.2, -0.15) is 5.10 Å². The number of rotatable bonds is 5. The standard InChI is InChI=1S/C14H17N5O2/c1-19-8-10(7-17-19)14-13(3-2-4-16-14)20-9-12-5-11(6-15)18-21-12/h2-4,7-8,12H,5-6,9,15H2,1H3. The van der Waals surface area contributed by atoms with Crippen LogP contribution in [0.5, 0.6) is 5.75 Å². The summed E-state index contributed by atoms with van der Waals surface area (Å²) in [5.74, 6) is 0.704. The molecule has 0 spiro atoms. The monoisotopic (exact) mass is 287 g/mol. The molecule has 7 nitrogen and oxygen atoms in total. The highest BCUT2D eigenvalue weighted by molar-refractivity contribution is 5.87. The fourth-order valence-electron chi connectivity index (χ4n) is 2.15. The van der Waals surface area contributed by atoms with Gasteiger partial charge in [-0.3, -0.25) is 9.67 Å². The minimum absolute atomic E-state index is 0.0921. The number of ether oxygens (including phenoxy) is 1. The van der Waals surface area contributed by atoms with Crippen molar-refractivity contribution in [2.45, 2.75) is 12.5 Å². The second-order valence-electron chi connectivity index (χ2n) is 4.86. The first-order valence-electron chi connectivity index (χ1n) is 6.74. The quantitative estimate of drug-likeness (QED) is 0.885. The molecule has 1 aliphatic heterocycles. The van der Waals surface area contributed by atoms with Crippen molar-refractivity contribution in [1.82, 2.24) is 14.8 Å². The van der Waals surface area contributed by atoms with Crippen molar-refractivity contribution in [3.8, 4) is 17.0 Å². The Hall–Kier alpha value is -2.41. The second-order valence-corrected chi connectivity index (χ2v) is 4.86. The van der Waals surface area contributed by atoms with E-state index in [1.807, 2.05) is 25.4 Å². The van der Waals surface area contributed by atoms with Crippen molar-refractivity contribution in [2.75, 3.05) is 13.2 Å². The Morgan fingerprint density at radius 1 is 1.52 bits per heavy atom. The van der Waals surface area contributed by atoms with Gasteiger partial charge in [-0.1, -0.05) is 5.16 Å². The van der Waals surface area contributed by atoms with Crippen LogP contribution in [0.3, 0.4) is 0 Å². The van der Waals surface area contributed by atoms with Crippen LogP contribution in [0.25, 0.3) is 11.3 Å². The van der Waals surface area contributed by atoms with Gasteiger partial charge < -0.3 is 15.3 Å². The lowest BCUT2D eigenvalue weighted by Gasteiger charge is -2.12. The van der Waals surface area contributed by atoms with E-state index in [1.54, 1.807) is 17.1 Å². The Morgan fingerprint density at radius 3 is 3.14 bits per heavy atom. The molecule has 0 saturated carbocycles. The second kappa shape index (κ2) is 5.92. The van der Waals surface area contributed by atoms with E-state index in [0.717, 1.165) is 17.0 Å². The topological polar surface area (TPSA) is 87.6 Å². The molecule has 21 heavy (non-hydrogen) atoms. The van der Waals surface area contributed by atoms with Gasteiger partial charge in [0.15, 0.2) is 6.10 Å². The summed E-state index contributed by atoms with van der Waals surface area (Å²) in [7, 11) is 1.87. The van der Waals surface area contributed by atoms with Gasteiger partial charge >= 0.3 is 0 Å². The van der Waals surface area contributed by atoms with Crippen LogP contribution < -0.4 is 10.5 Å². The first kappa shape index (κ1) is 13.6. The largest absolute Gasteiger partial charge is 0.487 e. The van der Waals surface area contributed by atoms with Crippen molar-refractivity contribution in [3.05, 3.63) is 30.7 Å². The van der Waals surface area contributed by atoms with Gasteiger partial charge in [0.05, 0.1) is 11.9 Å². The van der Waals surface area contributed by atoms with E-state index >= 15 is 0 Å². The molecule has 2 aromatic heterocycles. The first-order valence-corrected chi connectivity index (χ1v) is 6.74. The average Bonchev–Trinajstić information content (AvgIpc) is 3.14. The highest BCUT2D eigenvalue weighted by atomic mass is 16.7. The minimum Gasteiger partial charge on any atom is -0.487 e. The van der Waals surface area contributed by atoms with Crippen LogP contribution in [0, 0.1) is 0 Å². The van der Waals surface area contributed by atoms with Gasteiger partial charge in [-0.05, 0) is 12.1 Å². The van der Waals surface area contributed by atoms with Crippen LogP contribution in [0.2, 0.25) is 0 Å². The van der Waals surface area contributed by atoms with E-state index in [2.05, 4.69) is 15.2 Å². The third-order valence-electron chi connectivity index (χ3n) is 3.20. The molecule has 0 saturated heterocycles. The highest BCUT2D eigenvalue weighted by Crippen LogP contribution is 2.27. The molecule has 0 aromatic carbocycles. The third kappa shape index (κ3) is 3.03. The maximum absolute atomic E-state index is 5.84. The van der Waals surface area contributed by atoms with Crippen LogP contribution in [0.15, 0.2) is 35.9 Å². The number of hydrogen-bond acceptors (Lipinski definition) is 6. The molecule has 2 N–H and O–H groups in total. The predicted molar refractivity (Wildman–Crippen MR) is 77.9 cm³/mol. The molecule has 3 heterocycles. The number of nitrogens with zero attached hydrogens (tertiary/aromatic N) is 4. The summed E-state index contributed by atoms with van der Waals surface area (Å²) >= 11 is 0. The zero-order valence-electron chi connectivity index (χ0n) is 11.8. The summed E-state index contributed by atoms with van der Waals surface area (Å²) < 4.78 is 7.57. The maximum atomic E-state index is 5.84. The molecular weight excluding hydrogens is 270 g/mol. The lowest BCUT2D eigenvalue weighted by molar-refractivity contribution is 0.0471. The fourth-order valence-corrected chi connectivity index (χ4v) is 2.15. The van der Waals surface area contributed by atoms with Gasteiger partial charge in [0.2, 0.25) is 0 Å². The zero-order chi connectivity index (χ0) is 14.7. The smallest absolute Gasteiger partial charge is 0.166 e. The predicted octanol–water partition coefficient (Wildman–Crippen LogP) is 0.964. The van der Waals surface area contributed by atoms with Crippen LogP contribution in [-0.4, -0.2) is 39.7 Å². The van der Waals surface area contributed by atoms with Gasteiger partial charge in [0, 0.05) is 38.0 Å². The molecule has 3 rings (SSSR count). The van der Waals surface area contributed by atoms with Crippen LogP contribution in [-0.2, 0) is 11.9 Å². The molecule has 1 atom stereocenters. The molecule has 7 heteroatoms. The Balaban J connectivity index is 1.69. The summed E-state index contributed by atoms with van der Waals surface area (Å²) in [5, 5.41) is 8.07. The maximum Gasteiger partial charge on any atom is 0.166 e. The van der Waals surface area contributed by atoms with Crippen LogP contribution in [0.4, 0.5) is 0 Å². The Bertz CT molecular complexity index is 652. The van der Waals surface area contributed by atoms with Crippen molar-refractivity contribution >= 4 is 5.71 Å². The average molecular weight is 287 g/mol. The molecule has 0 fully saturated rings. The van der Waals surface area contributed by atoms with Crippen molar-refractivity contribution < 1.29 is 9.57 Å². The molecule has 1 unspecified atom stereocenters. The van der Waals surface area contributed by atoms with Crippen LogP contribution in [0.1, 0.15) is 6.42 Å². The first-order chi connectivity index (χ1) is 10.3. The van der Waals surface area contributed by atoms with Gasteiger partial charge in [0.1, 0.15) is 18.1 Å². The van der Waals surface area contributed by atoms with Crippen LogP contribution >= 0.6 is 0 Å². The molecule has 0 amide bonds. The van der Waals surface area contributed by atoms with E-state index in [1.165, 1.54) is 0 Å². The van der Waals surface area contributed by atoms with E-state index in [0.29, 0.717) is 25.3 Å². The molecule has 0 aliphatic carbocycles. The molecule has 0 bridgehead atoms. The fraction of sp³-hybridized carbons (Fsp3) is 0.357. The summed E-state index contributed by atoms with van der Waals surface area (Å²) in [5.41, 5.74) is 8.08. The summed E-state index contributed by atoms with van der Waals surface area (Å²) in [4.78, 5) is 9.64. The minimum atomic E-state index is -0.0921. The Kier molecular flexibility index (Phi) is 3.83. The van der Waals surface area contributed by atoms with Crippen molar-refractivity contribution in [2.24, 2.45) is 17.9 Å². The highest BCUT2D eigenvalue weighted by Gasteiger charge is 2.21. The van der Waals surface area contributed by atoms with Crippen molar-refractivity contribution in [1.29, 1.82) is 0 Å². The van der Waals surface area contributed by atoms with E-state index in [4.69, 9.17) is 15.3 Å². The van der Waals surface area contributed by atoms with E-state index in [9.17, 15) is 0 Å².